The molecule has 0 atom stereocenters. The van der Waals surface area contributed by atoms with Gasteiger partial charge in [0.1, 0.15) is 11.2 Å². The van der Waals surface area contributed by atoms with E-state index >= 15 is 0 Å². The summed E-state index contributed by atoms with van der Waals surface area (Å²) in [7, 11) is 0. The zero-order chi connectivity index (χ0) is 22.5. The standard InChI is InChI=1S/C32H21NO/c1-2-10-26(11-3-1)33(27-16-14-22-8-4-5-9-23(22)18-27)28-17-15-24-21-32-30(20-25(24)19-28)29-12-6-7-13-31(29)34-32/h1-21H. The van der Waals surface area contributed by atoms with Gasteiger partial charge in [-0.05, 0) is 76.1 Å². The van der Waals surface area contributed by atoms with Crippen LogP contribution in [0.3, 0.4) is 0 Å². The van der Waals surface area contributed by atoms with Gasteiger partial charge in [-0.15, -0.1) is 0 Å². The zero-order valence-electron chi connectivity index (χ0n) is 18.5. The first-order valence-corrected chi connectivity index (χ1v) is 11.5. The van der Waals surface area contributed by atoms with E-state index in [1.807, 2.05) is 12.1 Å². The van der Waals surface area contributed by atoms with Crippen molar-refractivity contribution < 1.29 is 4.42 Å². The first kappa shape index (κ1) is 19.0. The van der Waals surface area contributed by atoms with Gasteiger partial charge < -0.3 is 9.32 Å². The maximum absolute atomic E-state index is 6.11. The second-order valence-electron chi connectivity index (χ2n) is 8.68. The quantitative estimate of drug-likeness (QED) is 0.275. The SMILES string of the molecule is c1ccc(N(c2ccc3ccccc3c2)c2ccc3cc4oc5ccccc5c4cc3c2)cc1. The molecule has 0 saturated carbocycles. The van der Waals surface area contributed by atoms with Gasteiger partial charge in [0.05, 0.1) is 0 Å². The maximum Gasteiger partial charge on any atom is 0.136 e. The van der Waals surface area contributed by atoms with E-state index in [-0.39, 0.29) is 0 Å². The Hall–Kier alpha value is -4.56. The van der Waals surface area contributed by atoms with Gasteiger partial charge in [0, 0.05) is 27.8 Å². The Labute approximate surface area is 197 Å². The molecule has 1 aromatic heterocycles. The monoisotopic (exact) mass is 435 g/mol. The van der Waals surface area contributed by atoms with Gasteiger partial charge in [0.2, 0.25) is 0 Å². The third-order valence-corrected chi connectivity index (χ3v) is 6.58. The van der Waals surface area contributed by atoms with E-state index in [4.69, 9.17) is 4.42 Å². The highest BCUT2D eigenvalue weighted by atomic mass is 16.3. The summed E-state index contributed by atoms with van der Waals surface area (Å²) in [5, 5.41) is 7.14. The largest absolute Gasteiger partial charge is 0.456 e. The van der Waals surface area contributed by atoms with Crippen molar-refractivity contribution in [1.29, 1.82) is 0 Å². The predicted octanol–water partition coefficient (Wildman–Crippen LogP) is 9.36. The smallest absolute Gasteiger partial charge is 0.136 e. The van der Waals surface area contributed by atoms with Gasteiger partial charge in [0.15, 0.2) is 0 Å². The van der Waals surface area contributed by atoms with Gasteiger partial charge in [-0.1, -0.05) is 72.8 Å². The van der Waals surface area contributed by atoms with Gasteiger partial charge in [0.25, 0.3) is 0 Å². The highest BCUT2D eigenvalue weighted by Crippen LogP contribution is 2.39. The number of anilines is 3. The Morgan fingerprint density at radius 1 is 0.382 bits per heavy atom. The number of hydrogen-bond donors (Lipinski definition) is 0. The van der Waals surface area contributed by atoms with Crippen LogP contribution in [0.2, 0.25) is 0 Å². The van der Waals surface area contributed by atoms with Gasteiger partial charge in [-0.2, -0.15) is 0 Å². The molecule has 0 aliphatic rings. The van der Waals surface area contributed by atoms with Crippen LogP contribution < -0.4 is 4.90 Å². The third-order valence-electron chi connectivity index (χ3n) is 6.58. The molecule has 7 aromatic rings. The first-order chi connectivity index (χ1) is 16.8. The molecule has 0 aliphatic heterocycles. The number of hydrogen-bond acceptors (Lipinski definition) is 2. The van der Waals surface area contributed by atoms with Gasteiger partial charge in [-0.25, -0.2) is 0 Å². The average Bonchev–Trinajstić information content (AvgIpc) is 3.25. The Bertz CT molecular complexity index is 1810. The van der Waals surface area contributed by atoms with Crippen LogP contribution in [-0.4, -0.2) is 0 Å². The lowest BCUT2D eigenvalue weighted by Crippen LogP contribution is -2.09. The molecule has 34 heavy (non-hydrogen) atoms. The molecule has 0 amide bonds. The topological polar surface area (TPSA) is 16.4 Å². The average molecular weight is 436 g/mol. The van der Waals surface area contributed by atoms with Crippen molar-refractivity contribution >= 4 is 60.5 Å². The van der Waals surface area contributed by atoms with Crippen LogP contribution >= 0.6 is 0 Å². The molecule has 0 aliphatic carbocycles. The summed E-state index contributed by atoms with van der Waals surface area (Å²) in [5.41, 5.74) is 5.25. The van der Waals surface area contributed by atoms with Crippen LogP contribution in [0.25, 0.3) is 43.5 Å². The normalized spacial score (nSPS) is 11.5. The number of furan rings is 1. The molecule has 160 valence electrons. The number of fused-ring (bicyclic) bond motifs is 5. The fraction of sp³-hybridized carbons (Fsp3) is 0. The van der Waals surface area contributed by atoms with Crippen molar-refractivity contribution in [3.05, 3.63) is 127 Å². The van der Waals surface area contributed by atoms with Crippen LogP contribution in [0.5, 0.6) is 0 Å². The van der Waals surface area contributed by atoms with Crippen molar-refractivity contribution in [2.24, 2.45) is 0 Å². The first-order valence-electron chi connectivity index (χ1n) is 11.5. The lowest BCUT2D eigenvalue weighted by molar-refractivity contribution is 0.669. The van der Waals surface area contributed by atoms with Crippen molar-refractivity contribution in [3.8, 4) is 0 Å². The van der Waals surface area contributed by atoms with Crippen LogP contribution in [0.4, 0.5) is 17.1 Å². The number of nitrogens with zero attached hydrogens (tertiary/aromatic N) is 1. The van der Waals surface area contributed by atoms with Crippen LogP contribution in [-0.2, 0) is 0 Å². The van der Waals surface area contributed by atoms with Gasteiger partial charge >= 0.3 is 0 Å². The zero-order valence-corrected chi connectivity index (χ0v) is 18.5. The predicted molar refractivity (Wildman–Crippen MR) is 143 cm³/mol. The summed E-state index contributed by atoms with van der Waals surface area (Å²) >= 11 is 0. The van der Waals surface area contributed by atoms with Gasteiger partial charge in [-0.3, -0.25) is 0 Å². The molecule has 0 radical (unpaired) electrons. The highest BCUT2D eigenvalue weighted by molar-refractivity contribution is 6.10. The molecule has 0 bridgehead atoms. The van der Waals surface area contributed by atoms with Crippen molar-refractivity contribution in [1.82, 2.24) is 0 Å². The van der Waals surface area contributed by atoms with Crippen LogP contribution in [0.15, 0.2) is 132 Å². The Kier molecular flexibility index (Phi) is 4.18. The van der Waals surface area contributed by atoms with Crippen molar-refractivity contribution in [2.75, 3.05) is 4.90 Å². The molecule has 0 spiro atoms. The van der Waals surface area contributed by atoms with Crippen molar-refractivity contribution in [3.63, 3.8) is 0 Å². The Morgan fingerprint density at radius 3 is 1.88 bits per heavy atom. The molecule has 0 unspecified atom stereocenters. The van der Waals surface area contributed by atoms with E-state index in [9.17, 15) is 0 Å². The van der Waals surface area contributed by atoms with Crippen LogP contribution in [0, 0.1) is 0 Å². The Morgan fingerprint density at radius 2 is 1.03 bits per heavy atom. The lowest BCUT2D eigenvalue weighted by atomic mass is 10.0. The molecule has 6 aromatic carbocycles. The molecule has 7 rings (SSSR count). The van der Waals surface area contributed by atoms with E-state index in [2.05, 4.69) is 120 Å². The molecule has 1 heterocycles. The van der Waals surface area contributed by atoms with Crippen molar-refractivity contribution in [2.45, 2.75) is 0 Å². The van der Waals surface area contributed by atoms with E-state index < -0.39 is 0 Å². The minimum Gasteiger partial charge on any atom is -0.456 e. The third kappa shape index (κ3) is 3.04. The van der Waals surface area contributed by atoms with Crippen LogP contribution in [0.1, 0.15) is 0 Å². The van der Waals surface area contributed by atoms with E-state index in [0.29, 0.717) is 0 Å². The van der Waals surface area contributed by atoms with E-state index in [1.54, 1.807) is 0 Å². The summed E-state index contributed by atoms with van der Waals surface area (Å²) in [6.07, 6.45) is 0. The second kappa shape index (κ2) is 7.50. The Balaban J connectivity index is 1.45. The highest BCUT2D eigenvalue weighted by Gasteiger charge is 2.14. The number of benzene rings is 6. The minimum atomic E-state index is 0.926. The number of rotatable bonds is 3. The maximum atomic E-state index is 6.11. The second-order valence-corrected chi connectivity index (χ2v) is 8.68. The summed E-state index contributed by atoms with van der Waals surface area (Å²) in [6, 6.07) is 45.0. The molecule has 2 nitrogen and oxygen atoms in total. The lowest BCUT2D eigenvalue weighted by Gasteiger charge is -2.26. The molecule has 0 fully saturated rings. The summed E-state index contributed by atoms with van der Waals surface area (Å²) in [6.45, 7) is 0. The summed E-state index contributed by atoms with van der Waals surface area (Å²) in [5.74, 6) is 0. The molecule has 0 saturated heterocycles. The molecular formula is C32H21NO. The summed E-state index contributed by atoms with van der Waals surface area (Å²) < 4.78 is 6.11. The molecular weight excluding hydrogens is 414 g/mol. The number of para-hydroxylation sites is 2. The molecule has 2 heteroatoms. The van der Waals surface area contributed by atoms with E-state index in [0.717, 1.165) is 39.0 Å². The fourth-order valence-electron chi connectivity index (χ4n) is 4.93. The molecule has 0 N–H and O–H groups in total. The van der Waals surface area contributed by atoms with E-state index in [1.165, 1.54) is 21.5 Å². The fourth-order valence-corrected chi connectivity index (χ4v) is 4.93. The summed E-state index contributed by atoms with van der Waals surface area (Å²) in [4.78, 5) is 2.32. The minimum absolute atomic E-state index is 0.926.